The molecule has 76 valence electrons. The molecular formula is C11H14O3. The third-order valence-electron chi connectivity index (χ3n) is 1.63. The molecule has 0 saturated heterocycles. The van der Waals surface area contributed by atoms with Crippen LogP contribution >= 0.6 is 0 Å². The van der Waals surface area contributed by atoms with E-state index in [1.54, 1.807) is 6.92 Å². The molecule has 3 nitrogen and oxygen atoms in total. The number of hydrogen-bond donors (Lipinski definition) is 2. The highest BCUT2D eigenvalue weighted by atomic mass is 16.4. The zero-order valence-corrected chi connectivity index (χ0v) is 8.42. The van der Waals surface area contributed by atoms with Crippen molar-refractivity contribution in [3.05, 3.63) is 0 Å². The van der Waals surface area contributed by atoms with Crippen LogP contribution in [0.2, 0.25) is 0 Å². The summed E-state index contributed by atoms with van der Waals surface area (Å²) in [6, 6.07) is 0. The molecule has 0 rings (SSSR count). The maximum absolute atomic E-state index is 10.1. The molecule has 1 unspecified atom stereocenters. The van der Waals surface area contributed by atoms with E-state index >= 15 is 0 Å². The highest BCUT2D eigenvalue weighted by molar-refractivity contribution is 5.67. The maximum atomic E-state index is 10.1. The molecule has 0 aliphatic heterocycles. The molecule has 0 saturated carbocycles. The van der Waals surface area contributed by atoms with Crippen molar-refractivity contribution in [2.45, 2.75) is 38.7 Å². The first kappa shape index (κ1) is 12.6. The smallest absolute Gasteiger partial charge is 0.304 e. The second kappa shape index (κ2) is 6.07. The Bertz CT molecular complexity index is 307. The van der Waals surface area contributed by atoms with Crippen LogP contribution < -0.4 is 0 Å². The van der Waals surface area contributed by atoms with E-state index in [4.69, 9.17) is 5.11 Å². The molecule has 0 aliphatic rings. The van der Waals surface area contributed by atoms with Crippen LogP contribution in [0.3, 0.4) is 0 Å². The van der Waals surface area contributed by atoms with Crippen molar-refractivity contribution >= 4 is 5.97 Å². The molecule has 3 heteroatoms. The summed E-state index contributed by atoms with van der Waals surface area (Å²) in [6.45, 7) is 3.44. The summed E-state index contributed by atoms with van der Waals surface area (Å²) in [6.07, 6.45) is 0.855. The van der Waals surface area contributed by atoms with Crippen molar-refractivity contribution in [1.29, 1.82) is 0 Å². The van der Waals surface area contributed by atoms with Crippen LogP contribution in [0, 0.1) is 23.7 Å². The summed E-state index contributed by atoms with van der Waals surface area (Å²) < 4.78 is 0. The zero-order chi connectivity index (χ0) is 11.0. The standard InChI is InChI=1S/C11H14O3/c1-3-11(2,14)9-7-5-4-6-8-10(12)13/h14H,3,6,8H2,1-2H3,(H,12,13). The van der Waals surface area contributed by atoms with Crippen molar-refractivity contribution in [3.8, 4) is 23.7 Å². The molecule has 0 radical (unpaired) electrons. The normalized spacial score (nSPS) is 12.8. The van der Waals surface area contributed by atoms with Gasteiger partial charge in [-0.25, -0.2) is 0 Å². The van der Waals surface area contributed by atoms with Crippen molar-refractivity contribution in [2.75, 3.05) is 0 Å². The van der Waals surface area contributed by atoms with E-state index in [2.05, 4.69) is 23.7 Å². The van der Waals surface area contributed by atoms with Crippen LogP contribution in [0.5, 0.6) is 0 Å². The number of carboxylic acid groups (broad SMARTS) is 1. The van der Waals surface area contributed by atoms with E-state index in [1.807, 2.05) is 6.92 Å². The maximum Gasteiger partial charge on any atom is 0.304 e. The number of aliphatic carboxylic acids is 1. The third-order valence-corrected chi connectivity index (χ3v) is 1.63. The van der Waals surface area contributed by atoms with Gasteiger partial charge in [-0.3, -0.25) is 4.79 Å². The Kier molecular flexibility index (Phi) is 5.44. The summed E-state index contributed by atoms with van der Waals surface area (Å²) >= 11 is 0. The van der Waals surface area contributed by atoms with Crippen molar-refractivity contribution in [3.63, 3.8) is 0 Å². The molecule has 2 N–H and O–H groups in total. The Hall–Kier alpha value is -1.45. The van der Waals surface area contributed by atoms with Crippen molar-refractivity contribution < 1.29 is 15.0 Å². The Balaban J connectivity index is 3.96. The van der Waals surface area contributed by atoms with Gasteiger partial charge >= 0.3 is 5.97 Å². The van der Waals surface area contributed by atoms with Crippen LogP contribution in [0.25, 0.3) is 0 Å². The Morgan fingerprint density at radius 1 is 1.43 bits per heavy atom. The molecule has 14 heavy (non-hydrogen) atoms. The second-order valence-electron chi connectivity index (χ2n) is 3.07. The van der Waals surface area contributed by atoms with Gasteiger partial charge < -0.3 is 10.2 Å². The molecule has 0 fully saturated rings. The molecule has 0 spiro atoms. The molecular weight excluding hydrogens is 180 g/mol. The lowest BCUT2D eigenvalue weighted by molar-refractivity contribution is -0.136. The van der Waals surface area contributed by atoms with Crippen LogP contribution in [-0.2, 0) is 4.79 Å². The second-order valence-corrected chi connectivity index (χ2v) is 3.07. The first-order chi connectivity index (χ1) is 6.48. The van der Waals surface area contributed by atoms with Gasteiger partial charge in [0.2, 0.25) is 0 Å². The molecule has 0 bridgehead atoms. The molecule has 0 aromatic rings. The third kappa shape index (κ3) is 7.21. The van der Waals surface area contributed by atoms with E-state index in [0.717, 1.165) is 0 Å². The summed E-state index contributed by atoms with van der Waals surface area (Å²) in [4.78, 5) is 10.1. The zero-order valence-electron chi connectivity index (χ0n) is 8.42. The monoisotopic (exact) mass is 194 g/mol. The van der Waals surface area contributed by atoms with Gasteiger partial charge in [0.05, 0.1) is 6.42 Å². The van der Waals surface area contributed by atoms with Crippen LogP contribution in [-0.4, -0.2) is 21.8 Å². The number of carbonyl (C=O) groups is 1. The van der Waals surface area contributed by atoms with Gasteiger partial charge in [-0.1, -0.05) is 18.8 Å². The van der Waals surface area contributed by atoms with Gasteiger partial charge in [-0.15, -0.1) is 0 Å². The first-order valence-corrected chi connectivity index (χ1v) is 4.42. The number of rotatable bonds is 3. The average Bonchev–Trinajstić information content (AvgIpc) is 2.10. The van der Waals surface area contributed by atoms with E-state index in [0.29, 0.717) is 6.42 Å². The summed E-state index contributed by atoms with van der Waals surface area (Å²) in [5.74, 6) is 9.30. The SMILES string of the molecule is CCC(C)(O)C#CC#CCCC(=O)O. The largest absolute Gasteiger partial charge is 0.481 e. The average molecular weight is 194 g/mol. The Morgan fingerprint density at radius 3 is 2.57 bits per heavy atom. The quantitative estimate of drug-likeness (QED) is 0.659. The van der Waals surface area contributed by atoms with Crippen molar-refractivity contribution in [2.24, 2.45) is 0 Å². The van der Waals surface area contributed by atoms with E-state index < -0.39 is 11.6 Å². The number of aliphatic hydroxyl groups is 1. The van der Waals surface area contributed by atoms with Crippen LogP contribution in [0.15, 0.2) is 0 Å². The Labute approximate surface area is 84.1 Å². The lowest BCUT2D eigenvalue weighted by Gasteiger charge is -2.10. The minimum atomic E-state index is -0.999. The van der Waals surface area contributed by atoms with Gasteiger partial charge in [-0.05, 0) is 25.2 Å². The summed E-state index contributed by atoms with van der Waals surface area (Å²) in [5.41, 5.74) is -0.999. The van der Waals surface area contributed by atoms with Crippen molar-refractivity contribution in [1.82, 2.24) is 0 Å². The lowest BCUT2D eigenvalue weighted by atomic mass is 10.1. The van der Waals surface area contributed by atoms with Gasteiger partial charge in [-0.2, -0.15) is 0 Å². The van der Waals surface area contributed by atoms with Gasteiger partial charge in [0.15, 0.2) is 0 Å². The molecule has 0 aliphatic carbocycles. The fourth-order valence-electron chi connectivity index (χ4n) is 0.530. The van der Waals surface area contributed by atoms with Crippen LogP contribution in [0.1, 0.15) is 33.1 Å². The topological polar surface area (TPSA) is 57.5 Å². The van der Waals surface area contributed by atoms with Gasteiger partial charge in [0.25, 0.3) is 0 Å². The molecule has 0 aromatic heterocycles. The first-order valence-electron chi connectivity index (χ1n) is 4.42. The molecule has 0 heterocycles. The predicted molar refractivity (Wildman–Crippen MR) is 53.3 cm³/mol. The minimum Gasteiger partial charge on any atom is -0.481 e. The summed E-state index contributed by atoms with van der Waals surface area (Å²) in [7, 11) is 0. The van der Waals surface area contributed by atoms with E-state index in [1.165, 1.54) is 0 Å². The predicted octanol–water partition coefficient (Wildman–Crippen LogP) is 1.02. The fourth-order valence-corrected chi connectivity index (χ4v) is 0.530. The number of carboxylic acids is 1. The Morgan fingerprint density at radius 2 is 2.07 bits per heavy atom. The molecule has 0 amide bonds. The fraction of sp³-hybridized carbons (Fsp3) is 0.545. The highest BCUT2D eigenvalue weighted by Gasteiger charge is 2.11. The van der Waals surface area contributed by atoms with E-state index in [9.17, 15) is 9.90 Å². The number of hydrogen-bond acceptors (Lipinski definition) is 2. The minimum absolute atomic E-state index is 0.0266. The van der Waals surface area contributed by atoms with Crippen LogP contribution in [0.4, 0.5) is 0 Å². The van der Waals surface area contributed by atoms with Gasteiger partial charge in [0, 0.05) is 6.42 Å². The molecule has 1 atom stereocenters. The summed E-state index contributed by atoms with van der Waals surface area (Å²) in [5, 5.41) is 17.7. The van der Waals surface area contributed by atoms with Gasteiger partial charge in [0.1, 0.15) is 5.60 Å². The van der Waals surface area contributed by atoms with E-state index in [-0.39, 0.29) is 12.8 Å². The lowest BCUT2D eigenvalue weighted by Crippen LogP contribution is -2.19. The highest BCUT2D eigenvalue weighted by Crippen LogP contribution is 2.04. The molecule has 0 aromatic carbocycles.